The monoisotopic (exact) mass is 237 g/mol. The molecular formula is C13H16FNO2. The first-order chi connectivity index (χ1) is 8.16. The molecule has 0 aromatic heterocycles. The second-order valence-corrected chi connectivity index (χ2v) is 4.50. The van der Waals surface area contributed by atoms with Crippen LogP contribution in [0.4, 0.5) is 4.39 Å². The fourth-order valence-corrected chi connectivity index (χ4v) is 1.97. The zero-order chi connectivity index (χ0) is 12.3. The van der Waals surface area contributed by atoms with Gasteiger partial charge in [-0.2, -0.15) is 0 Å². The summed E-state index contributed by atoms with van der Waals surface area (Å²) in [5, 5.41) is 2.84. The Hall–Kier alpha value is -1.42. The molecule has 0 unspecified atom stereocenters. The summed E-state index contributed by atoms with van der Waals surface area (Å²) in [7, 11) is 1.49. The highest BCUT2D eigenvalue weighted by Crippen LogP contribution is 2.47. The molecule has 1 fully saturated rings. The third kappa shape index (κ3) is 2.82. The topological polar surface area (TPSA) is 38.3 Å². The van der Waals surface area contributed by atoms with Crippen molar-refractivity contribution in [2.75, 3.05) is 20.3 Å². The minimum absolute atomic E-state index is 0.0110. The Morgan fingerprint density at radius 2 is 2.06 bits per heavy atom. The van der Waals surface area contributed by atoms with Crippen molar-refractivity contribution < 1.29 is 13.9 Å². The Morgan fingerprint density at radius 3 is 2.59 bits per heavy atom. The quantitative estimate of drug-likeness (QED) is 0.845. The van der Waals surface area contributed by atoms with Gasteiger partial charge in [0, 0.05) is 19.1 Å². The first-order valence-electron chi connectivity index (χ1n) is 5.68. The largest absolute Gasteiger partial charge is 0.375 e. The van der Waals surface area contributed by atoms with Crippen molar-refractivity contribution in [3.05, 3.63) is 35.6 Å². The molecule has 1 aromatic carbocycles. The van der Waals surface area contributed by atoms with Crippen molar-refractivity contribution in [3.63, 3.8) is 0 Å². The normalized spacial score (nSPS) is 16.6. The summed E-state index contributed by atoms with van der Waals surface area (Å²) in [4.78, 5) is 11.3. The molecule has 4 heteroatoms. The lowest BCUT2D eigenvalue weighted by Gasteiger charge is -2.16. The number of amides is 1. The van der Waals surface area contributed by atoms with Gasteiger partial charge in [-0.05, 0) is 30.5 Å². The summed E-state index contributed by atoms with van der Waals surface area (Å²) in [6.07, 6.45) is 2.07. The lowest BCUT2D eigenvalue weighted by molar-refractivity contribution is -0.124. The van der Waals surface area contributed by atoms with Crippen LogP contribution in [0.1, 0.15) is 18.4 Å². The van der Waals surface area contributed by atoms with Crippen LogP contribution in [0.2, 0.25) is 0 Å². The summed E-state index contributed by atoms with van der Waals surface area (Å²) < 4.78 is 17.6. The highest BCUT2D eigenvalue weighted by molar-refractivity contribution is 5.77. The maximum absolute atomic E-state index is 12.8. The van der Waals surface area contributed by atoms with E-state index in [1.807, 2.05) is 0 Å². The highest BCUT2D eigenvalue weighted by atomic mass is 19.1. The standard InChI is InChI=1S/C13H16FNO2/c1-17-8-12(16)15-9-13(6-7-13)10-2-4-11(14)5-3-10/h2-5H,6-9H2,1H3,(H,15,16). The SMILES string of the molecule is COCC(=O)NCC1(c2ccc(F)cc2)CC1. The summed E-state index contributed by atoms with van der Waals surface area (Å²) in [5.41, 5.74) is 1.11. The van der Waals surface area contributed by atoms with E-state index in [-0.39, 0.29) is 23.7 Å². The average Bonchev–Trinajstić information content (AvgIpc) is 3.09. The van der Waals surface area contributed by atoms with E-state index in [0.29, 0.717) is 6.54 Å². The fourth-order valence-electron chi connectivity index (χ4n) is 1.97. The Labute approximate surface area is 100.0 Å². The summed E-state index contributed by atoms with van der Waals surface area (Å²) >= 11 is 0. The zero-order valence-electron chi connectivity index (χ0n) is 9.83. The number of halogens is 1. The highest BCUT2D eigenvalue weighted by Gasteiger charge is 2.44. The van der Waals surface area contributed by atoms with Gasteiger partial charge in [-0.3, -0.25) is 4.79 Å². The van der Waals surface area contributed by atoms with Gasteiger partial charge in [0.25, 0.3) is 0 Å². The van der Waals surface area contributed by atoms with E-state index < -0.39 is 0 Å². The van der Waals surface area contributed by atoms with Gasteiger partial charge in [0.1, 0.15) is 12.4 Å². The Kier molecular flexibility index (Phi) is 3.43. The number of rotatable bonds is 5. The molecule has 1 saturated carbocycles. The zero-order valence-corrected chi connectivity index (χ0v) is 9.83. The number of nitrogens with one attached hydrogen (secondary N) is 1. The molecule has 0 saturated heterocycles. The predicted octanol–water partition coefficient (Wildman–Crippen LogP) is 1.62. The van der Waals surface area contributed by atoms with Crippen LogP contribution in [0.3, 0.4) is 0 Å². The Morgan fingerprint density at radius 1 is 1.41 bits per heavy atom. The molecule has 1 amide bonds. The van der Waals surface area contributed by atoms with Crippen LogP contribution in [0, 0.1) is 5.82 Å². The van der Waals surface area contributed by atoms with Crippen LogP contribution in [-0.4, -0.2) is 26.2 Å². The molecule has 1 aromatic rings. The molecule has 92 valence electrons. The molecule has 17 heavy (non-hydrogen) atoms. The van der Waals surface area contributed by atoms with Gasteiger partial charge in [-0.25, -0.2) is 4.39 Å². The first-order valence-corrected chi connectivity index (χ1v) is 5.68. The Bertz CT molecular complexity index is 398. The van der Waals surface area contributed by atoms with E-state index in [2.05, 4.69) is 5.32 Å². The summed E-state index contributed by atoms with van der Waals surface area (Å²) in [6.45, 7) is 0.681. The van der Waals surface area contributed by atoms with Crippen molar-refractivity contribution in [3.8, 4) is 0 Å². The fraction of sp³-hybridized carbons (Fsp3) is 0.462. The minimum atomic E-state index is -0.229. The molecule has 0 aliphatic heterocycles. The number of benzene rings is 1. The number of methoxy groups -OCH3 is 1. The second-order valence-electron chi connectivity index (χ2n) is 4.50. The van der Waals surface area contributed by atoms with Crippen LogP contribution in [0.15, 0.2) is 24.3 Å². The number of ether oxygens (including phenoxy) is 1. The van der Waals surface area contributed by atoms with E-state index in [1.165, 1.54) is 19.2 Å². The van der Waals surface area contributed by atoms with Gasteiger partial charge in [0.15, 0.2) is 0 Å². The molecule has 0 atom stereocenters. The third-order valence-corrected chi connectivity index (χ3v) is 3.21. The minimum Gasteiger partial charge on any atom is -0.375 e. The predicted molar refractivity (Wildman–Crippen MR) is 62.2 cm³/mol. The van der Waals surface area contributed by atoms with Gasteiger partial charge in [0.2, 0.25) is 5.91 Å². The third-order valence-electron chi connectivity index (χ3n) is 3.21. The molecule has 0 radical (unpaired) electrons. The van der Waals surface area contributed by atoms with Crippen molar-refractivity contribution >= 4 is 5.91 Å². The number of carbonyl (C=O) groups is 1. The number of hydrogen-bond acceptors (Lipinski definition) is 2. The maximum Gasteiger partial charge on any atom is 0.246 e. The van der Waals surface area contributed by atoms with Crippen LogP contribution in [0.25, 0.3) is 0 Å². The summed E-state index contributed by atoms with van der Waals surface area (Å²) in [5.74, 6) is -0.339. The average molecular weight is 237 g/mol. The molecule has 1 aliphatic carbocycles. The van der Waals surface area contributed by atoms with Gasteiger partial charge in [0.05, 0.1) is 0 Å². The van der Waals surface area contributed by atoms with Crippen LogP contribution >= 0.6 is 0 Å². The van der Waals surface area contributed by atoms with E-state index in [9.17, 15) is 9.18 Å². The van der Waals surface area contributed by atoms with Crippen molar-refractivity contribution in [1.29, 1.82) is 0 Å². The van der Waals surface area contributed by atoms with E-state index >= 15 is 0 Å². The smallest absolute Gasteiger partial charge is 0.246 e. The van der Waals surface area contributed by atoms with Gasteiger partial charge < -0.3 is 10.1 Å². The molecule has 3 nitrogen and oxygen atoms in total. The lowest BCUT2D eigenvalue weighted by atomic mass is 9.96. The van der Waals surface area contributed by atoms with Gasteiger partial charge >= 0.3 is 0 Å². The van der Waals surface area contributed by atoms with Crippen molar-refractivity contribution in [1.82, 2.24) is 5.32 Å². The van der Waals surface area contributed by atoms with E-state index in [4.69, 9.17) is 4.74 Å². The summed E-state index contributed by atoms with van der Waals surface area (Å²) in [6, 6.07) is 6.52. The van der Waals surface area contributed by atoms with E-state index in [1.54, 1.807) is 12.1 Å². The van der Waals surface area contributed by atoms with Crippen LogP contribution in [-0.2, 0) is 14.9 Å². The molecule has 1 N–H and O–H groups in total. The second kappa shape index (κ2) is 4.84. The maximum atomic E-state index is 12.8. The first kappa shape index (κ1) is 12.0. The Balaban J connectivity index is 1.95. The molecular weight excluding hydrogens is 221 g/mol. The van der Waals surface area contributed by atoms with Crippen molar-refractivity contribution in [2.24, 2.45) is 0 Å². The molecule has 0 heterocycles. The molecule has 0 spiro atoms. The van der Waals surface area contributed by atoms with Gasteiger partial charge in [-0.15, -0.1) is 0 Å². The molecule has 0 bridgehead atoms. The molecule has 2 rings (SSSR count). The number of hydrogen-bond donors (Lipinski definition) is 1. The molecule has 1 aliphatic rings. The van der Waals surface area contributed by atoms with Crippen molar-refractivity contribution in [2.45, 2.75) is 18.3 Å². The van der Waals surface area contributed by atoms with Crippen LogP contribution < -0.4 is 5.32 Å². The van der Waals surface area contributed by atoms with Crippen LogP contribution in [0.5, 0.6) is 0 Å². The lowest BCUT2D eigenvalue weighted by Crippen LogP contribution is -2.34. The van der Waals surface area contributed by atoms with E-state index in [0.717, 1.165) is 18.4 Å². The van der Waals surface area contributed by atoms with Gasteiger partial charge in [-0.1, -0.05) is 12.1 Å². The number of carbonyl (C=O) groups excluding carboxylic acids is 1.